The molecule has 4 rings (SSSR count). The van der Waals surface area contributed by atoms with Crippen molar-refractivity contribution in [3.8, 4) is 11.5 Å². The van der Waals surface area contributed by atoms with E-state index in [1.807, 2.05) is 18.2 Å². The zero-order chi connectivity index (χ0) is 22.5. The number of benzene rings is 2. The van der Waals surface area contributed by atoms with Crippen LogP contribution in [0.2, 0.25) is 0 Å². The van der Waals surface area contributed by atoms with E-state index in [9.17, 15) is 9.59 Å². The van der Waals surface area contributed by atoms with Gasteiger partial charge in [-0.1, -0.05) is 12.1 Å². The van der Waals surface area contributed by atoms with Crippen LogP contribution in [0.5, 0.6) is 11.5 Å². The third-order valence-corrected chi connectivity index (χ3v) is 6.96. The summed E-state index contributed by atoms with van der Waals surface area (Å²) in [5, 5.41) is 0. The van der Waals surface area contributed by atoms with Crippen molar-refractivity contribution in [3.63, 3.8) is 0 Å². The number of likely N-dealkylation sites (tertiary alicyclic amines) is 1. The maximum Gasteiger partial charge on any atom is 0.170 e. The summed E-state index contributed by atoms with van der Waals surface area (Å²) in [6, 6.07) is 12.2. The van der Waals surface area contributed by atoms with Gasteiger partial charge in [-0.05, 0) is 103 Å². The van der Waals surface area contributed by atoms with Crippen molar-refractivity contribution >= 4 is 27.5 Å². The highest BCUT2D eigenvalue weighted by atomic mass is 79.9. The summed E-state index contributed by atoms with van der Waals surface area (Å²) in [5.74, 6) is 2.34. The van der Waals surface area contributed by atoms with E-state index < -0.39 is 0 Å². The summed E-state index contributed by atoms with van der Waals surface area (Å²) < 4.78 is 12.1. The quantitative estimate of drug-likeness (QED) is 0.517. The molecule has 2 aliphatic rings. The molecule has 0 N–H and O–H groups in total. The lowest BCUT2D eigenvalue weighted by molar-refractivity contribution is -0.118. The first kappa shape index (κ1) is 23.0. The zero-order valence-corrected chi connectivity index (χ0v) is 20.2. The van der Waals surface area contributed by atoms with Crippen molar-refractivity contribution in [1.82, 2.24) is 4.90 Å². The number of piperidine rings is 1. The van der Waals surface area contributed by atoms with Gasteiger partial charge in [-0.3, -0.25) is 9.59 Å². The van der Waals surface area contributed by atoms with E-state index in [0.717, 1.165) is 54.0 Å². The lowest BCUT2D eigenvalue weighted by atomic mass is 9.90. The highest BCUT2D eigenvalue weighted by Gasteiger charge is 2.21. The molecular formula is C26H30BrNO4. The molecule has 2 aromatic carbocycles. The topological polar surface area (TPSA) is 55.8 Å². The minimum atomic E-state index is 0.0185. The van der Waals surface area contributed by atoms with Gasteiger partial charge in [0.05, 0.1) is 16.6 Å². The molecule has 2 aromatic rings. The fraction of sp³-hybridized carbons (Fsp3) is 0.462. The number of ketones is 2. The number of hydrogen-bond donors (Lipinski definition) is 0. The second kappa shape index (κ2) is 10.6. The van der Waals surface area contributed by atoms with Crippen LogP contribution in [0.15, 0.2) is 40.9 Å². The van der Waals surface area contributed by atoms with Crippen LogP contribution < -0.4 is 9.47 Å². The Kier molecular flexibility index (Phi) is 7.63. The smallest absolute Gasteiger partial charge is 0.170 e. The summed E-state index contributed by atoms with van der Waals surface area (Å²) >= 11 is 3.51. The molecule has 0 bridgehead atoms. The zero-order valence-electron chi connectivity index (χ0n) is 18.6. The first-order chi connectivity index (χ1) is 15.5. The van der Waals surface area contributed by atoms with E-state index in [0.29, 0.717) is 18.9 Å². The van der Waals surface area contributed by atoms with E-state index in [4.69, 9.17) is 9.47 Å². The molecule has 1 fully saturated rings. The van der Waals surface area contributed by atoms with Gasteiger partial charge in [0.1, 0.15) is 18.1 Å². The molecule has 0 radical (unpaired) electrons. The molecule has 5 nitrogen and oxygen atoms in total. The maximum absolute atomic E-state index is 12.1. The number of hydrogen-bond acceptors (Lipinski definition) is 5. The molecular weight excluding hydrogens is 470 g/mol. The van der Waals surface area contributed by atoms with Crippen molar-refractivity contribution in [3.05, 3.63) is 57.6 Å². The molecule has 2 heterocycles. The number of halogens is 1. The van der Waals surface area contributed by atoms with Crippen LogP contribution in [0.3, 0.4) is 0 Å². The van der Waals surface area contributed by atoms with Crippen LogP contribution in [-0.2, 0) is 17.6 Å². The van der Waals surface area contributed by atoms with Crippen molar-refractivity contribution < 1.29 is 19.1 Å². The van der Waals surface area contributed by atoms with E-state index in [2.05, 4.69) is 39.0 Å². The average Bonchev–Trinajstić information content (AvgIpc) is 2.79. The van der Waals surface area contributed by atoms with Crippen LogP contribution in [0.25, 0.3) is 0 Å². The minimum Gasteiger partial charge on any atom is -0.492 e. The first-order valence-corrected chi connectivity index (χ1v) is 12.2. The molecule has 0 unspecified atom stereocenters. The number of fused-ring (bicyclic) bond motifs is 1. The van der Waals surface area contributed by atoms with Gasteiger partial charge in [-0.15, -0.1) is 0 Å². The van der Waals surface area contributed by atoms with Crippen LogP contribution in [-0.4, -0.2) is 49.3 Å². The summed E-state index contributed by atoms with van der Waals surface area (Å²) in [6.07, 6.45) is 4.82. The van der Waals surface area contributed by atoms with Crippen LogP contribution >= 0.6 is 15.9 Å². The van der Waals surface area contributed by atoms with E-state index in [1.165, 1.54) is 30.9 Å². The summed E-state index contributed by atoms with van der Waals surface area (Å²) in [4.78, 5) is 25.9. The third-order valence-electron chi connectivity index (χ3n) is 6.31. The predicted octanol–water partition coefficient (Wildman–Crippen LogP) is 4.88. The first-order valence-electron chi connectivity index (χ1n) is 11.4. The Morgan fingerprint density at radius 2 is 1.94 bits per heavy atom. The Balaban J connectivity index is 1.25. The van der Waals surface area contributed by atoms with Gasteiger partial charge in [0, 0.05) is 13.0 Å². The molecule has 0 spiro atoms. The number of carbonyl (C=O) groups is 2. The predicted molar refractivity (Wildman–Crippen MR) is 128 cm³/mol. The van der Waals surface area contributed by atoms with Gasteiger partial charge >= 0.3 is 0 Å². The fourth-order valence-electron chi connectivity index (χ4n) is 4.46. The van der Waals surface area contributed by atoms with E-state index in [1.54, 1.807) is 0 Å². The average molecular weight is 500 g/mol. The minimum absolute atomic E-state index is 0.0185. The molecule has 2 aliphatic heterocycles. The van der Waals surface area contributed by atoms with Crippen molar-refractivity contribution in [2.24, 2.45) is 5.92 Å². The molecule has 1 saturated heterocycles. The number of nitrogens with zero attached hydrogens (tertiary/aromatic N) is 1. The Morgan fingerprint density at radius 3 is 2.72 bits per heavy atom. The monoisotopic (exact) mass is 499 g/mol. The second-order valence-corrected chi connectivity index (χ2v) is 9.70. The lowest BCUT2D eigenvalue weighted by Gasteiger charge is -2.32. The SMILES string of the molecule is CC(=O)COc1cc(CC2CCN(CCc3ccc4c(c3)C(=O)CCO4)CC2)ccc1Br. The molecule has 0 atom stereocenters. The fourth-order valence-corrected chi connectivity index (χ4v) is 4.83. The normalized spacial score (nSPS) is 17.0. The van der Waals surface area contributed by atoms with Gasteiger partial charge in [0.25, 0.3) is 0 Å². The highest BCUT2D eigenvalue weighted by Crippen LogP contribution is 2.30. The largest absolute Gasteiger partial charge is 0.492 e. The Bertz CT molecular complexity index is 982. The van der Waals surface area contributed by atoms with E-state index in [-0.39, 0.29) is 18.2 Å². The number of rotatable bonds is 8. The molecule has 0 amide bonds. The molecule has 32 heavy (non-hydrogen) atoms. The standard InChI is InChI=1S/C26H30BrNO4/c1-18(29)17-32-26-16-21(2-4-23(26)27)14-20-7-11-28(12-8-20)10-6-19-3-5-25-22(15-19)24(30)9-13-31-25/h2-5,15-16,20H,6-14,17H2,1H3. The maximum atomic E-state index is 12.1. The van der Waals surface area contributed by atoms with Crippen molar-refractivity contribution in [1.29, 1.82) is 0 Å². The van der Waals surface area contributed by atoms with Gasteiger partial charge in [-0.25, -0.2) is 0 Å². The highest BCUT2D eigenvalue weighted by molar-refractivity contribution is 9.10. The molecule has 0 saturated carbocycles. The Labute approximate surface area is 198 Å². The van der Waals surface area contributed by atoms with Crippen LogP contribution in [0, 0.1) is 5.92 Å². The van der Waals surface area contributed by atoms with E-state index >= 15 is 0 Å². The van der Waals surface area contributed by atoms with Crippen molar-refractivity contribution in [2.45, 2.75) is 39.0 Å². The molecule has 170 valence electrons. The second-order valence-electron chi connectivity index (χ2n) is 8.85. The number of Topliss-reactive ketones (excluding diaryl/α,β-unsaturated/α-hetero) is 2. The van der Waals surface area contributed by atoms with Gasteiger partial charge in [0.15, 0.2) is 11.6 Å². The molecule has 0 aliphatic carbocycles. The summed E-state index contributed by atoms with van der Waals surface area (Å²) in [5.41, 5.74) is 3.21. The van der Waals surface area contributed by atoms with Crippen LogP contribution in [0.1, 0.15) is 47.7 Å². The summed E-state index contributed by atoms with van der Waals surface area (Å²) in [7, 11) is 0. The summed E-state index contributed by atoms with van der Waals surface area (Å²) in [6.45, 7) is 5.34. The van der Waals surface area contributed by atoms with Crippen LogP contribution in [0.4, 0.5) is 0 Å². The van der Waals surface area contributed by atoms with Gasteiger partial charge < -0.3 is 14.4 Å². The van der Waals surface area contributed by atoms with Crippen molar-refractivity contribution in [2.75, 3.05) is 32.8 Å². The Morgan fingerprint density at radius 1 is 1.16 bits per heavy atom. The lowest BCUT2D eigenvalue weighted by Crippen LogP contribution is -2.35. The Hall–Kier alpha value is -2.18. The molecule has 0 aromatic heterocycles. The van der Waals surface area contributed by atoms with Gasteiger partial charge in [-0.2, -0.15) is 0 Å². The number of ether oxygens (including phenoxy) is 2. The van der Waals surface area contributed by atoms with Gasteiger partial charge in [0.2, 0.25) is 0 Å². The molecule has 6 heteroatoms. The third kappa shape index (κ3) is 5.99. The number of carbonyl (C=O) groups excluding carboxylic acids is 2.